The van der Waals surface area contributed by atoms with E-state index in [4.69, 9.17) is 4.74 Å². The van der Waals surface area contributed by atoms with Gasteiger partial charge < -0.3 is 9.64 Å². The van der Waals surface area contributed by atoms with Crippen LogP contribution in [0.4, 0.5) is 0 Å². The highest BCUT2D eigenvalue weighted by molar-refractivity contribution is 5.94. The predicted molar refractivity (Wildman–Crippen MR) is 100 cm³/mol. The smallest absolute Gasteiger partial charge is 0.272 e. The SMILES string of the molecule is C=CCN1CCOC2CN(C(=O)c3c(C)nc4ccccn34)CCC2C1. The van der Waals surface area contributed by atoms with E-state index in [1.54, 1.807) is 0 Å². The first-order valence-corrected chi connectivity index (χ1v) is 9.35. The monoisotopic (exact) mass is 354 g/mol. The normalized spacial score (nSPS) is 24.3. The van der Waals surface area contributed by atoms with Gasteiger partial charge in [-0.15, -0.1) is 6.58 Å². The highest BCUT2D eigenvalue weighted by Gasteiger charge is 2.36. The van der Waals surface area contributed by atoms with Crippen LogP contribution in [0.3, 0.4) is 0 Å². The van der Waals surface area contributed by atoms with Crippen LogP contribution in [0.15, 0.2) is 37.1 Å². The van der Waals surface area contributed by atoms with Crippen molar-refractivity contribution in [2.45, 2.75) is 19.4 Å². The minimum atomic E-state index is 0.0513. The van der Waals surface area contributed by atoms with Crippen LogP contribution in [0.2, 0.25) is 0 Å². The number of ether oxygens (including phenoxy) is 1. The van der Waals surface area contributed by atoms with E-state index < -0.39 is 0 Å². The topological polar surface area (TPSA) is 50.1 Å². The van der Waals surface area contributed by atoms with Gasteiger partial charge in [-0.25, -0.2) is 4.98 Å². The minimum absolute atomic E-state index is 0.0513. The van der Waals surface area contributed by atoms with E-state index in [0.717, 1.165) is 43.9 Å². The molecule has 2 aliphatic heterocycles. The molecular formula is C20H26N4O2. The molecule has 2 unspecified atom stereocenters. The number of nitrogens with zero attached hydrogens (tertiary/aromatic N) is 4. The fourth-order valence-corrected chi connectivity index (χ4v) is 4.17. The Morgan fingerprint density at radius 1 is 1.38 bits per heavy atom. The predicted octanol–water partition coefficient (Wildman–Crippen LogP) is 1.99. The zero-order valence-corrected chi connectivity index (χ0v) is 15.3. The molecule has 4 heterocycles. The summed E-state index contributed by atoms with van der Waals surface area (Å²) in [5, 5.41) is 0. The van der Waals surface area contributed by atoms with Crippen molar-refractivity contribution >= 4 is 11.6 Å². The zero-order chi connectivity index (χ0) is 18.1. The molecule has 0 N–H and O–H groups in total. The van der Waals surface area contributed by atoms with Crippen molar-refractivity contribution in [3.63, 3.8) is 0 Å². The Balaban J connectivity index is 1.52. The first-order chi connectivity index (χ1) is 12.7. The maximum atomic E-state index is 13.2. The van der Waals surface area contributed by atoms with Gasteiger partial charge in [0.05, 0.1) is 18.4 Å². The van der Waals surface area contributed by atoms with Gasteiger partial charge in [0.25, 0.3) is 5.91 Å². The average molecular weight is 354 g/mol. The Hall–Kier alpha value is -2.18. The Morgan fingerprint density at radius 2 is 2.27 bits per heavy atom. The van der Waals surface area contributed by atoms with Crippen molar-refractivity contribution in [3.8, 4) is 0 Å². The van der Waals surface area contributed by atoms with Crippen LogP contribution in [0, 0.1) is 12.8 Å². The summed E-state index contributed by atoms with van der Waals surface area (Å²) in [6.45, 7) is 10.7. The van der Waals surface area contributed by atoms with Crippen molar-refractivity contribution < 1.29 is 9.53 Å². The summed E-state index contributed by atoms with van der Waals surface area (Å²) >= 11 is 0. The number of fused-ring (bicyclic) bond motifs is 2. The third-order valence-corrected chi connectivity index (χ3v) is 5.51. The molecule has 26 heavy (non-hydrogen) atoms. The number of amides is 1. The number of carbonyl (C=O) groups is 1. The Kier molecular flexibility index (Phi) is 4.78. The fourth-order valence-electron chi connectivity index (χ4n) is 4.17. The molecule has 0 spiro atoms. The molecule has 2 saturated heterocycles. The first-order valence-electron chi connectivity index (χ1n) is 9.35. The lowest BCUT2D eigenvalue weighted by Crippen LogP contribution is -2.49. The second-order valence-corrected chi connectivity index (χ2v) is 7.23. The van der Waals surface area contributed by atoms with Crippen LogP contribution in [-0.2, 0) is 4.74 Å². The van der Waals surface area contributed by atoms with Gasteiger partial charge >= 0.3 is 0 Å². The van der Waals surface area contributed by atoms with E-state index in [9.17, 15) is 4.79 Å². The van der Waals surface area contributed by atoms with E-state index in [-0.39, 0.29) is 12.0 Å². The van der Waals surface area contributed by atoms with Crippen LogP contribution in [0.25, 0.3) is 5.65 Å². The van der Waals surface area contributed by atoms with Crippen LogP contribution in [0.1, 0.15) is 22.6 Å². The zero-order valence-electron chi connectivity index (χ0n) is 15.3. The van der Waals surface area contributed by atoms with Crippen molar-refractivity contribution in [2.24, 2.45) is 5.92 Å². The summed E-state index contributed by atoms with van der Waals surface area (Å²) in [7, 11) is 0. The van der Waals surface area contributed by atoms with E-state index >= 15 is 0 Å². The van der Waals surface area contributed by atoms with Crippen molar-refractivity contribution in [3.05, 3.63) is 48.4 Å². The van der Waals surface area contributed by atoms with Crippen LogP contribution >= 0.6 is 0 Å². The molecule has 138 valence electrons. The van der Waals surface area contributed by atoms with Gasteiger partial charge in [0, 0.05) is 44.8 Å². The molecule has 2 atom stereocenters. The van der Waals surface area contributed by atoms with Crippen LogP contribution in [-0.4, -0.2) is 70.5 Å². The lowest BCUT2D eigenvalue weighted by molar-refractivity contribution is -0.0173. The van der Waals surface area contributed by atoms with Crippen LogP contribution in [0.5, 0.6) is 0 Å². The van der Waals surface area contributed by atoms with Gasteiger partial charge in [0.15, 0.2) is 0 Å². The van der Waals surface area contributed by atoms with E-state index in [2.05, 4.69) is 16.5 Å². The third kappa shape index (κ3) is 3.15. The quantitative estimate of drug-likeness (QED) is 0.791. The molecule has 6 nitrogen and oxygen atoms in total. The van der Waals surface area contributed by atoms with Gasteiger partial charge in [-0.1, -0.05) is 12.1 Å². The summed E-state index contributed by atoms with van der Waals surface area (Å²) in [4.78, 5) is 22.1. The lowest BCUT2D eigenvalue weighted by Gasteiger charge is -2.38. The number of likely N-dealkylation sites (tertiary alicyclic amines) is 1. The number of piperidine rings is 1. The number of hydrogen-bond donors (Lipinski definition) is 0. The summed E-state index contributed by atoms with van der Waals surface area (Å²) in [6, 6.07) is 5.80. The molecule has 0 radical (unpaired) electrons. The Bertz CT molecular complexity index is 815. The lowest BCUT2D eigenvalue weighted by atomic mass is 9.93. The Morgan fingerprint density at radius 3 is 3.12 bits per heavy atom. The summed E-state index contributed by atoms with van der Waals surface area (Å²) < 4.78 is 8.00. The van der Waals surface area contributed by atoms with E-state index in [1.807, 2.05) is 46.7 Å². The number of aryl methyl sites for hydroxylation is 1. The van der Waals surface area contributed by atoms with Crippen LogP contribution < -0.4 is 0 Å². The second-order valence-electron chi connectivity index (χ2n) is 7.23. The van der Waals surface area contributed by atoms with Crippen molar-refractivity contribution in [1.29, 1.82) is 0 Å². The number of aromatic nitrogens is 2. The molecule has 0 aromatic carbocycles. The van der Waals surface area contributed by atoms with Gasteiger partial charge in [-0.3, -0.25) is 14.1 Å². The molecule has 2 aromatic rings. The molecule has 2 aliphatic rings. The highest BCUT2D eigenvalue weighted by atomic mass is 16.5. The van der Waals surface area contributed by atoms with Gasteiger partial charge in [0.2, 0.25) is 0 Å². The largest absolute Gasteiger partial charge is 0.375 e. The maximum absolute atomic E-state index is 13.2. The molecule has 1 amide bonds. The molecule has 2 aromatic heterocycles. The first kappa shape index (κ1) is 17.2. The summed E-state index contributed by atoms with van der Waals surface area (Å²) in [6.07, 6.45) is 4.94. The maximum Gasteiger partial charge on any atom is 0.272 e. The molecule has 4 rings (SSSR count). The molecule has 6 heteroatoms. The van der Waals surface area contributed by atoms with Gasteiger partial charge in [0.1, 0.15) is 11.3 Å². The number of carbonyl (C=O) groups excluding carboxylic acids is 1. The van der Waals surface area contributed by atoms with E-state index in [0.29, 0.717) is 24.8 Å². The molecule has 0 bridgehead atoms. The molecular weight excluding hydrogens is 328 g/mol. The number of rotatable bonds is 3. The number of imidazole rings is 1. The van der Waals surface area contributed by atoms with Gasteiger partial charge in [-0.05, 0) is 25.5 Å². The summed E-state index contributed by atoms with van der Waals surface area (Å²) in [5.41, 5.74) is 2.26. The number of hydrogen-bond acceptors (Lipinski definition) is 4. The standard InChI is InChI=1S/C20H26N4O2/c1-3-8-22-11-12-26-17-14-23(10-7-16(17)13-22)20(25)19-15(2)21-18-6-4-5-9-24(18)19/h3-6,9,16-17H,1,7-8,10-14H2,2H3. The Labute approximate surface area is 154 Å². The minimum Gasteiger partial charge on any atom is -0.375 e. The molecule has 0 saturated carbocycles. The third-order valence-electron chi connectivity index (χ3n) is 5.51. The average Bonchev–Trinajstić information content (AvgIpc) is 2.84. The van der Waals surface area contributed by atoms with Crippen molar-refractivity contribution in [2.75, 3.05) is 39.3 Å². The number of pyridine rings is 1. The fraction of sp³-hybridized carbons (Fsp3) is 0.500. The molecule has 2 fully saturated rings. The van der Waals surface area contributed by atoms with Crippen molar-refractivity contribution in [1.82, 2.24) is 19.2 Å². The molecule has 0 aliphatic carbocycles. The van der Waals surface area contributed by atoms with Gasteiger partial charge in [-0.2, -0.15) is 0 Å². The highest BCUT2D eigenvalue weighted by Crippen LogP contribution is 2.26. The second kappa shape index (κ2) is 7.21. The summed E-state index contributed by atoms with van der Waals surface area (Å²) in [5.74, 6) is 0.528. The van der Waals surface area contributed by atoms with E-state index in [1.165, 1.54) is 0 Å².